The van der Waals surface area contributed by atoms with Crippen molar-refractivity contribution in [3.05, 3.63) is 29.8 Å². The van der Waals surface area contributed by atoms with E-state index in [2.05, 4.69) is 0 Å². The van der Waals surface area contributed by atoms with Gasteiger partial charge in [-0.1, -0.05) is 18.2 Å². The number of hydrogen-bond acceptors (Lipinski definition) is 4. The highest BCUT2D eigenvalue weighted by Crippen LogP contribution is 2.20. The van der Waals surface area contributed by atoms with Gasteiger partial charge in [0.2, 0.25) is 5.91 Å². The Kier molecular flexibility index (Phi) is 5.35. The third-order valence-electron chi connectivity index (χ3n) is 4.68. The Morgan fingerprint density at radius 3 is 2.54 bits per heavy atom. The normalized spacial score (nSPS) is 21.0. The van der Waals surface area contributed by atoms with Gasteiger partial charge >= 0.3 is 0 Å². The summed E-state index contributed by atoms with van der Waals surface area (Å²) in [5.41, 5.74) is 0.892. The molecule has 0 unspecified atom stereocenters. The molecule has 1 aromatic carbocycles. The second-order valence-electron chi connectivity index (χ2n) is 6.20. The number of methoxy groups -OCH3 is 1. The highest BCUT2D eigenvalue weighted by atomic mass is 16.5. The van der Waals surface area contributed by atoms with E-state index >= 15 is 0 Å². The number of amides is 2. The van der Waals surface area contributed by atoms with Gasteiger partial charge in [0.05, 0.1) is 13.5 Å². The molecule has 2 heterocycles. The van der Waals surface area contributed by atoms with E-state index in [4.69, 9.17) is 9.47 Å². The molecule has 1 aromatic rings. The number of rotatable bonds is 4. The molecule has 0 aromatic heterocycles. The first-order valence-corrected chi connectivity index (χ1v) is 8.49. The van der Waals surface area contributed by atoms with Crippen LogP contribution >= 0.6 is 0 Å². The lowest BCUT2D eigenvalue weighted by Gasteiger charge is -2.35. The molecule has 0 bridgehead atoms. The number of hydrogen-bond donors (Lipinski definition) is 0. The van der Waals surface area contributed by atoms with E-state index < -0.39 is 0 Å². The second kappa shape index (κ2) is 7.66. The third-order valence-corrected chi connectivity index (χ3v) is 4.68. The van der Waals surface area contributed by atoms with E-state index in [1.165, 1.54) is 0 Å². The molecule has 130 valence electrons. The summed E-state index contributed by atoms with van der Waals surface area (Å²) < 4.78 is 10.8. The van der Waals surface area contributed by atoms with Crippen molar-refractivity contribution < 1.29 is 19.1 Å². The van der Waals surface area contributed by atoms with Crippen molar-refractivity contribution in [2.75, 3.05) is 39.9 Å². The Morgan fingerprint density at radius 1 is 1.17 bits per heavy atom. The highest BCUT2D eigenvalue weighted by Gasteiger charge is 2.31. The summed E-state index contributed by atoms with van der Waals surface area (Å²) in [7, 11) is 1.61. The quantitative estimate of drug-likeness (QED) is 0.828. The summed E-state index contributed by atoms with van der Waals surface area (Å²) in [5, 5.41) is 0. The second-order valence-corrected chi connectivity index (χ2v) is 6.20. The maximum atomic E-state index is 12.5. The molecule has 3 rings (SSSR count). The summed E-state index contributed by atoms with van der Waals surface area (Å²) in [6, 6.07) is 7.57. The van der Waals surface area contributed by atoms with Gasteiger partial charge in [-0.15, -0.1) is 0 Å². The summed E-state index contributed by atoms with van der Waals surface area (Å²) in [6.45, 7) is 2.99. The fourth-order valence-electron chi connectivity index (χ4n) is 3.28. The van der Waals surface area contributed by atoms with Crippen molar-refractivity contribution in [3.63, 3.8) is 0 Å². The Morgan fingerprint density at radius 2 is 1.88 bits per heavy atom. The van der Waals surface area contributed by atoms with E-state index in [0.717, 1.165) is 24.2 Å². The van der Waals surface area contributed by atoms with Crippen LogP contribution in [-0.4, -0.2) is 67.6 Å². The molecule has 2 aliphatic rings. The Bertz CT molecular complexity index is 590. The minimum absolute atomic E-state index is 0.0729. The summed E-state index contributed by atoms with van der Waals surface area (Å²) >= 11 is 0. The average molecular weight is 332 g/mol. The van der Waals surface area contributed by atoms with Crippen molar-refractivity contribution in [1.82, 2.24) is 9.80 Å². The van der Waals surface area contributed by atoms with E-state index in [1.54, 1.807) is 7.11 Å². The van der Waals surface area contributed by atoms with E-state index in [0.29, 0.717) is 39.2 Å². The molecule has 0 saturated carbocycles. The van der Waals surface area contributed by atoms with Crippen LogP contribution in [0.3, 0.4) is 0 Å². The van der Waals surface area contributed by atoms with Crippen LogP contribution in [0.25, 0.3) is 0 Å². The van der Waals surface area contributed by atoms with Crippen LogP contribution < -0.4 is 4.74 Å². The smallest absolute Gasteiger partial charge is 0.251 e. The molecular formula is C18H24N2O4. The minimum atomic E-state index is -0.277. The molecule has 6 heteroatoms. The molecule has 1 atom stereocenters. The molecule has 2 aliphatic heterocycles. The Balaban J connectivity index is 1.52. The molecule has 24 heavy (non-hydrogen) atoms. The molecule has 0 radical (unpaired) electrons. The van der Waals surface area contributed by atoms with Crippen LogP contribution in [0, 0.1) is 0 Å². The SMILES string of the molecule is COc1ccccc1CC(=O)N1CCN(C(=O)[C@@H]2CCCO2)CC1. The van der Waals surface area contributed by atoms with Gasteiger partial charge in [0.25, 0.3) is 5.91 Å². The number of para-hydroxylation sites is 1. The molecular weight excluding hydrogens is 308 g/mol. The molecule has 0 aliphatic carbocycles. The maximum absolute atomic E-state index is 12.5. The van der Waals surface area contributed by atoms with Crippen LogP contribution in [0.2, 0.25) is 0 Å². The lowest BCUT2D eigenvalue weighted by Crippen LogP contribution is -2.53. The fraction of sp³-hybridized carbons (Fsp3) is 0.556. The van der Waals surface area contributed by atoms with Crippen LogP contribution in [0.5, 0.6) is 5.75 Å². The number of piperazine rings is 1. The van der Waals surface area contributed by atoms with Gasteiger partial charge in [-0.25, -0.2) is 0 Å². The van der Waals surface area contributed by atoms with E-state index in [-0.39, 0.29) is 17.9 Å². The molecule has 2 saturated heterocycles. The van der Waals surface area contributed by atoms with Crippen LogP contribution in [0.1, 0.15) is 18.4 Å². The number of carbonyl (C=O) groups is 2. The van der Waals surface area contributed by atoms with Gasteiger partial charge in [-0.3, -0.25) is 9.59 Å². The van der Waals surface area contributed by atoms with Crippen molar-refractivity contribution in [2.24, 2.45) is 0 Å². The minimum Gasteiger partial charge on any atom is -0.496 e. The highest BCUT2D eigenvalue weighted by molar-refractivity contribution is 5.82. The third kappa shape index (κ3) is 3.70. The number of ether oxygens (including phenoxy) is 2. The van der Waals surface area contributed by atoms with Gasteiger partial charge in [0, 0.05) is 38.3 Å². The van der Waals surface area contributed by atoms with Crippen LogP contribution in [0.4, 0.5) is 0 Å². The van der Waals surface area contributed by atoms with Crippen molar-refractivity contribution >= 4 is 11.8 Å². The molecule has 2 amide bonds. The summed E-state index contributed by atoms with van der Waals surface area (Å²) in [5.74, 6) is 0.881. The number of nitrogens with zero attached hydrogens (tertiary/aromatic N) is 2. The van der Waals surface area contributed by atoms with E-state index in [1.807, 2.05) is 34.1 Å². The van der Waals surface area contributed by atoms with Crippen LogP contribution in [-0.2, 0) is 20.7 Å². The predicted octanol–water partition coefficient (Wildman–Crippen LogP) is 1.09. The standard InChI is InChI=1S/C18H24N2O4/c1-23-15-6-3-2-5-14(15)13-17(21)19-8-10-20(11-9-19)18(22)16-7-4-12-24-16/h2-3,5-6,16H,4,7-13H2,1H3/t16-/m0/s1. The zero-order valence-corrected chi connectivity index (χ0v) is 14.1. The largest absolute Gasteiger partial charge is 0.496 e. The summed E-state index contributed by atoms with van der Waals surface area (Å²) in [6.07, 6.45) is 1.81. The Labute approximate surface area is 142 Å². The lowest BCUT2D eigenvalue weighted by molar-refractivity contribution is -0.145. The van der Waals surface area contributed by atoms with Gasteiger partial charge in [0.1, 0.15) is 11.9 Å². The number of carbonyl (C=O) groups excluding carboxylic acids is 2. The molecule has 6 nitrogen and oxygen atoms in total. The lowest BCUT2D eigenvalue weighted by atomic mass is 10.1. The molecule has 0 spiro atoms. The molecule has 2 fully saturated rings. The van der Waals surface area contributed by atoms with Crippen LogP contribution in [0.15, 0.2) is 24.3 Å². The van der Waals surface area contributed by atoms with Crippen molar-refractivity contribution in [1.29, 1.82) is 0 Å². The first-order valence-electron chi connectivity index (χ1n) is 8.49. The first-order chi connectivity index (χ1) is 11.7. The van der Waals surface area contributed by atoms with E-state index in [9.17, 15) is 9.59 Å². The first kappa shape index (κ1) is 16.8. The fourth-order valence-corrected chi connectivity index (χ4v) is 3.28. The zero-order valence-electron chi connectivity index (χ0n) is 14.1. The molecule has 0 N–H and O–H groups in total. The Hall–Kier alpha value is -2.08. The van der Waals surface area contributed by atoms with Crippen molar-refractivity contribution in [3.8, 4) is 5.75 Å². The van der Waals surface area contributed by atoms with Gasteiger partial charge in [-0.05, 0) is 18.9 Å². The predicted molar refractivity (Wildman–Crippen MR) is 88.8 cm³/mol. The zero-order chi connectivity index (χ0) is 16.9. The monoisotopic (exact) mass is 332 g/mol. The van der Waals surface area contributed by atoms with Gasteiger partial charge < -0.3 is 19.3 Å². The number of benzene rings is 1. The summed E-state index contributed by atoms with van der Waals surface area (Å²) in [4.78, 5) is 28.5. The van der Waals surface area contributed by atoms with Gasteiger partial charge in [0.15, 0.2) is 0 Å². The van der Waals surface area contributed by atoms with Gasteiger partial charge in [-0.2, -0.15) is 0 Å². The topological polar surface area (TPSA) is 59.1 Å². The average Bonchev–Trinajstić information content (AvgIpc) is 3.16. The maximum Gasteiger partial charge on any atom is 0.251 e. The van der Waals surface area contributed by atoms with Crippen molar-refractivity contribution in [2.45, 2.75) is 25.4 Å².